The van der Waals surface area contributed by atoms with Gasteiger partial charge in [0.1, 0.15) is 0 Å². The lowest BCUT2D eigenvalue weighted by Gasteiger charge is -2.38. The molecule has 0 unspecified atom stereocenters. The largest absolute Gasteiger partial charge is 0.380 e. The van der Waals surface area contributed by atoms with Crippen molar-refractivity contribution in [2.75, 3.05) is 19.8 Å². The van der Waals surface area contributed by atoms with Crippen LogP contribution in [0, 0.1) is 5.41 Å². The number of hydrogen-bond donors (Lipinski definition) is 3. The fourth-order valence-corrected chi connectivity index (χ4v) is 2.61. The van der Waals surface area contributed by atoms with E-state index in [9.17, 15) is 4.79 Å². The molecule has 1 aromatic heterocycles. The number of nitrogens with one attached hydrogen (secondary N) is 2. The van der Waals surface area contributed by atoms with Crippen molar-refractivity contribution >= 4 is 16.8 Å². The van der Waals surface area contributed by atoms with Crippen LogP contribution in [-0.4, -0.2) is 36.7 Å². The number of H-pyrrole nitrogens is 1. The van der Waals surface area contributed by atoms with Gasteiger partial charge in [0.2, 0.25) is 5.91 Å². The standard InChI is InChI=1S/C16H21N3O2/c1-16(9-21-10-16)8-19-15(20)13(17)6-11-7-18-14-5-3-2-4-12(11)14/h2-5,7,13,18H,6,8-10,17H2,1H3,(H,19,20)/t13-/m0/s1. The molecule has 1 aliphatic rings. The Morgan fingerprint density at radius 3 is 2.95 bits per heavy atom. The SMILES string of the molecule is CC1(CNC(=O)[C@@H](N)Cc2c[nH]c3ccccc23)COC1. The molecule has 5 heteroatoms. The minimum absolute atomic E-state index is 0.0656. The summed E-state index contributed by atoms with van der Waals surface area (Å²) in [7, 11) is 0. The van der Waals surface area contributed by atoms with Gasteiger partial charge in [-0.2, -0.15) is 0 Å². The van der Waals surface area contributed by atoms with E-state index in [0.717, 1.165) is 16.5 Å². The zero-order valence-corrected chi connectivity index (χ0v) is 12.2. The molecule has 2 aromatic rings. The van der Waals surface area contributed by atoms with Gasteiger partial charge in [0, 0.05) is 29.1 Å². The van der Waals surface area contributed by atoms with Gasteiger partial charge < -0.3 is 20.8 Å². The van der Waals surface area contributed by atoms with Crippen molar-refractivity contribution in [3.63, 3.8) is 0 Å². The van der Waals surface area contributed by atoms with Gasteiger partial charge in [-0.3, -0.25) is 4.79 Å². The van der Waals surface area contributed by atoms with Gasteiger partial charge in [0.15, 0.2) is 0 Å². The predicted molar refractivity (Wildman–Crippen MR) is 81.9 cm³/mol. The number of amides is 1. The summed E-state index contributed by atoms with van der Waals surface area (Å²) >= 11 is 0. The molecule has 1 aromatic carbocycles. The summed E-state index contributed by atoms with van der Waals surface area (Å²) in [6.45, 7) is 4.12. The molecule has 3 rings (SSSR count). The second-order valence-electron chi connectivity index (χ2n) is 6.19. The molecule has 1 fully saturated rings. The van der Waals surface area contributed by atoms with Crippen molar-refractivity contribution in [3.8, 4) is 0 Å². The second kappa shape index (κ2) is 5.50. The van der Waals surface area contributed by atoms with E-state index in [1.165, 1.54) is 0 Å². The number of fused-ring (bicyclic) bond motifs is 1. The molecule has 5 nitrogen and oxygen atoms in total. The molecule has 1 saturated heterocycles. The third-order valence-electron chi connectivity index (χ3n) is 4.04. The molecule has 0 radical (unpaired) electrons. The Bertz CT molecular complexity index is 646. The number of para-hydroxylation sites is 1. The Hall–Kier alpha value is -1.85. The number of carbonyl (C=O) groups is 1. The highest BCUT2D eigenvalue weighted by Crippen LogP contribution is 2.25. The molecule has 4 N–H and O–H groups in total. The molecule has 1 aliphatic heterocycles. The van der Waals surface area contributed by atoms with Crippen molar-refractivity contribution in [1.29, 1.82) is 0 Å². The van der Waals surface area contributed by atoms with E-state index in [-0.39, 0.29) is 11.3 Å². The Morgan fingerprint density at radius 1 is 1.48 bits per heavy atom. The van der Waals surface area contributed by atoms with Crippen LogP contribution in [0.1, 0.15) is 12.5 Å². The number of aromatic amines is 1. The first-order chi connectivity index (χ1) is 10.1. The fourth-order valence-electron chi connectivity index (χ4n) is 2.61. The van der Waals surface area contributed by atoms with Gasteiger partial charge in [-0.1, -0.05) is 25.1 Å². The molecular formula is C16H21N3O2. The Labute approximate surface area is 123 Å². The quantitative estimate of drug-likeness (QED) is 0.773. The minimum Gasteiger partial charge on any atom is -0.380 e. The highest BCUT2D eigenvalue weighted by atomic mass is 16.5. The number of hydrogen-bond acceptors (Lipinski definition) is 3. The van der Waals surface area contributed by atoms with Crippen LogP contribution >= 0.6 is 0 Å². The molecule has 0 saturated carbocycles. The lowest BCUT2D eigenvalue weighted by Crippen LogP contribution is -2.51. The van der Waals surface area contributed by atoms with Gasteiger partial charge in [0.05, 0.1) is 19.3 Å². The van der Waals surface area contributed by atoms with Gasteiger partial charge >= 0.3 is 0 Å². The summed E-state index contributed by atoms with van der Waals surface area (Å²) in [5, 5.41) is 4.06. The van der Waals surface area contributed by atoms with Crippen LogP contribution < -0.4 is 11.1 Å². The minimum atomic E-state index is -0.534. The van der Waals surface area contributed by atoms with Crippen LogP contribution in [0.3, 0.4) is 0 Å². The molecule has 112 valence electrons. The van der Waals surface area contributed by atoms with Crippen LogP contribution in [-0.2, 0) is 16.0 Å². The maximum absolute atomic E-state index is 12.1. The first-order valence-electron chi connectivity index (χ1n) is 7.23. The van der Waals surface area contributed by atoms with Crippen LogP contribution in [0.2, 0.25) is 0 Å². The van der Waals surface area contributed by atoms with Crippen molar-refractivity contribution in [2.45, 2.75) is 19.4 Å². The third kappa shape index (κ3) is 2.94. The maximum Gasteiger partial charge on any atom is 0.237 e. The summed E-state index contributed by atoms with van der Waals surface area (Å²) in [6.07, 6.45) is 2.46. The van der Waals surface area contributed by atoms with E-state index in [1.807, 2.05) is 30.5 Å². The third-order valence-corrected chi connectivity index (χ3v) is 4.04. The van der Waals surface area contributed by atoms with E-state index < -0.39 is 6.04 Å². The van der Waals surface area contributed by atoms with Crippen molar-refractivity contribution in [1.82, 2.24) is 10.3 Å². The Kier molecular flexibility index (Phi) is 3.69. The van der Waals surface area contributed by atoms with Crippen molar-refractivity contribution < 1.29 is 9.53 Å². The zero-order valence-electron chi connectivity index (χ0n) is 12.2. The monoisotopic (exact) mass is 287 g/mol. The van der Waals surface area contributed by atoms with E-state index >= 15 is 0 Å². The molecule has 0 spiro atoms. The van der Waals surface area contributed by atoms with E-state index in [2.05, 4.69) is 17.2 Å². The maximum atomic E-state index is 12.1. The van der Waals surface area contributed by atoms with Crippen molar-refractivity contribution in [2.24, 2.45) is 11.1 Å². The first-order valence-corrected chi connectivity index (χ1v) is 7.23. The number of carbonyl (C=O) groups excluding carboxylic acids is 1. The average Bonchev–Trinajstić information content (AvgIpc) is 2.86. The molecule has 0 aliphatic carbocycles. The molecule has 1 atom stereocenters. The predicted octanol–water partition coefficient (Wildman–Crippen LogP) is 1.19. The normalized spacial score (nSPS) is 18.2. The molecule has 1 amide bonds. The van der Waals surface area contributed by atoms with Gasteiger partial charge in [-0.25, -0.2) is 0 Å². The van der Waals surface area contributed by atoms with Gasteiger partial charge in [0.25, 0.3) is 0 Å². The number of nitrogens with two attached hydrogens (primary N) is 1. The molecule has 0 bridgehead atoms. The number of ether oxygens (including phenoxy) is 1. The van der Waals surface area contributed by atoms with Gasteiger partial charge in [-0.05, 0) is 18.1 Å². The summed E-state index contributed by atoms with van der Waals surface area (Å²) in [4.78, 5) is 15.3. The highest BCUT2D eigenvalue weighted by molar-refractivity contribution is 5.86. The highest BCUT2D eigenvalue weighted by Gasteiger charge is 2.34. The Balaban J connectivity index is 1.60. The molecular weight excluding hydrogens is 266 g/mol. The van der Waals surface area contributed by atoms with Gasteiger partial charge in [-0.15, -0.1) is 0 Å². The van der Waals surface area contributed by atoms with Crippen molar-refractivity contribution in [3.05, 3.63) is 36.0 Å². The summed E-state index contributed by atoms with van der Waals surface area (Å²) in [6, 6.07) is 7.49. The molecule has 2 heterocycles. The first kappa shape index (κ1) is 14.1. The number of rotatable bonds is 5. The van der Waals surface area contributed by atoms with E-state index in [4.69, 9.17) is 10.5 Å². The second-order valence-corrected chi connectivity index (χ2v) is 6.19. The van der Waals surface area contributed by atoms with Crippen LogP contribution in [0.4, 0.5) is 0 Å². The average molecular weight is 287 g/mol. The van der Waals surface area contributed by atoms with Crippen LogP contribution in [0.25, 0.3) is 10.9 Å². The van der Waals surface area contributed by atoms with E-state index in [1.54, 1.807) is 0 Å². The number of benzene rings is 1. The topological polar surface area (TPSA) is 80.1 Å². The smallest absolute Gasteiger partial charge is 0.237 e. The summed E-state index contributed by atoms with van der Waals surface area (Å²) < 4.78 is 5.18. The van der Waals surface area contributed by atoms with Crippen LogP contribution in [0.15, 0.2) is 30.5 Å². The Morgan fingerprint density at radius 2 is 2.24 bits per heavy atom. The summed E-state index contributed by atoms with van der Waals surface area (Å²) in [5.74, 6) is -0.103. The lowest BCUT2D eigenvalue weighted by molar-refractivity contribution is -0.127. The lowest BCUT2D eigenvalue weighted by atomic mass is 9.88. The van der Waals surface area contributed by atoms with E-state index in [0.29, 0.717) is 26.2 Å². The van der Waals surface area contributed by atoms with Crippen LogP contribution in [0.5, 0.6) is 0 Å². The molecule has 21 heavy (non-hydrogen) atoms. The number of aromatic nitrogens is 1. The zero-order chi connectivity index (χ0) is 14.9. The fraction of sp³-hybridized carbons (Fsp3) is 0.438. The summed E-state index contributed by atoms with van der Waals surface area (Å²) in [5.41, 5.74) is 8.24.